The predicted molar refractivity (Wildman–Crippen MR) is 71.7 cm³/mol. The molecular weight excluding hydrogens is 249 g/mol. The topological polar surface area (TPSA) is 0 Å². The van der Waals surface area contributed by atoms with Crippen LogP contribution in [0, 0.1) is 45.1 Å². The van der Waals surface area contributed by atoms with E-state index in [2.05, 4.69) is 0 Å². The van der Waals surface area contributed by atoms with Crippen LogP contribution in [0.1, 0.15) is 22.3 Å². The summed E-state index contributed by atoms with van der Waals surface area (Å²) in [4.78, 5) is 0. The number of rotatable bonds is 0. The Morgan fingerprint density at radius 1 is 0.632 bits per heavy atom. The summed E-state index contributed by atoms with van der Waals surface area (Å²) in [5.74, 6) is -1.06. The van der Waals surface area contributed by atoms with Crippen LogP contribution in [0.4, 0.5) is 13.2 Å². The maximum Gasteiger partial charge on any atom is 0.129 e. The molecule has 0 nitrogen and oxygen atoms in total. The normalized spacial score (nSPS) is 9.84. The Hall–Kier alpha value is -1.77. The second-order valence-corrected chi connectivity index (χ2v) is 4.61. The monoisotopic (exact) mass is 266 g/mol. The van der Waals surface area contributed by atoms with Crippen LogP contribution in [-0.4, -0.2) is 0 Å². The summed E-state index contributed by atoms with van der Waals surface area (Å²) in [7, 11) is 0. The molecule has 0 aromatic heterocycles. The molecular formula is C16H17F3. The molecule has 0 bridgehead atoms. The molecule has 0 N–H and O–H groups in total. The summed E-state index contributed by atoms with van der Waals surface area (Å²) < 4.78 is 37.8. The van der Waals surface area contributed by atoms with Crippen molar-refractivity contribution in [3.63, 3.8) is 0 Å². The number of hydrogen-bond donors (Lipinski definition) is 0. The lowest BCUT2D eigenvalue weighted by atomic mass is 10.1. The molecule has 0 unspecified atom stereocenters. The van der Waals surface area contributed by atoms with Crippen molar-refractivity contribution < 1.29 is 13.2 Å². The number of aryl methyl sites for hydroxylation is 3. The largest absolute Gasteiger partial charge is 0.207 e. The fourth-order valence-electron chi connectivity index (χ4n) is 1.47. The van der Waals surface area contributed by atoms with Crippen LogP contribution in [0.15, 0.2) is 30.3 Å². The van der Waals surface area contributed by atoms with E-state index in [1.54, 1.807) is 19.9 Å². The molecule has 0 saturated carbocycles. The Kier molecular flexibility index (Phi) is 5.16. The van der Waals surface area contributed by atoms with Gasteiger partial charge in [-0.1, -0.05) is 12.1 Å². The van der Waals surface area contributed by atoms with Crippen molar-refractivity contribution >= 4 is 0 Å². The third-order valence-corrected chi connectivity index (χ3v) is 2.75. The SMILES string of the molecule is Cc1cc(F)c(C)c(F)c1.Cc1ccc(C)c(F)c1. The van der Waals surface area contributed by atoms with Crippen molar-refractivity contribution in [2.45, 2.75) is 27.7 Å². The summed E-state index contributed by atoms with van der Waals surface area (Å²) in [6.07, 6.45) is 0. The summed E-state index contributed by atoms with van der Waals surface area (Å²) in [6, 6.07) is 7.86. The Morgan fingerprint density at radius 2 is 1.11 bits per heavy atom. The fourth-order valence-corrected chi connectivity index (χ4v) is 1.47. The van der Waals surface area contributed by atoms with Gasteiger partial charge >= 0.3 is 0 Å². The van der Waals surface area contributed by atoms with Crippen molar-refractivity contribution in [2.75, 3.05) is 0 Å². The van der Waals surface area contributed by atoms with Crippen molar-refractivity contribution in [3.05, 3.63) is 70.0 Å². The van der Waals surface area contributed by atoms with Gasteiger partial charge in [0.25, 0.3) is 0 Å². The molecule has 2 aromatic carbocycles. The van der Waals surface area contributed by atoms with Crippen molar-refractivity contribution in [3.8, 4) is 0 Å². The van der Waals surface area contributed by atoms with E-state index in [9.17, 15) is 13.2 Å². The molecule has 102 valence electrons. The number of benzene rings is 2. The molecule has 2 rings (SSSR count). The Labute approximate surface area is 111 Å². The van der Waals surface area contributed by atoms with Crippen LogP contribution in [0.25, 0.3) is 0 Å². The molecule has 3 heteroatoms. The van der Waals surface area contributed by atoms with E-state index in [1.807, 2.05) is 13.0 Å². The van der Waals surface area contributed by atoms with E-state index in [-0.39, 0.29) is 11.4 Å². The zero-order valence-electron chi connectivity index (χ0n) is 11.5. The van der Waals surface area contributed by atoms with E-state index in [0.717, 1.165) is 5.56 Å². The van der Waals surface area contributed by atoms with Gasteiger partial charge in [-0.15, -0.1) is 0 Å². The molecule has 0 amide bonds. The molecule has 2 aromatic rings. The van der Waals surface area contributed by atoms with Crippen LogP contribution in [0.5, 0.6) is 0 Å². The van der Waals surface area contributed by atoms with Crippen LogP contribution in [0.3, 0.4) is 0 Å². The Balaban J connectivity index is 0.000000191. The lowest BCUT2D eigenvalue weighted by Crippen LogP contribution is -1.88. The fraction of sp³-hybridized carbons (Fsp3) is 0.250. The molecule has 0 spiro atoms. The van der Waals surface area contributed by atoms with Crippen LogP contribution < -0.4 is 0 Å². The highest BCUT2D eigenvalue weighted by molar-refractivity contribution is 5.24. The average molecular weight is 266 g/mol. The highest BCUT2D eigenvalue weighted by Crippen LogP contribution is 2.12. The van der Waals surface area contributed by atoms with Gasteiger partial charge in [-0.3, -0.25) is 0 Å². The maximum atomic E-state index is 12.6. The maximum absolute atomic E-state index is 12.6. The molecule has 0 saturated heterocycles. The second-order valence-electron chi connectivity index (χ2n) is 4.61. The minimum Gasteiger partial charge on any atom is -0.207 e. The molecule has 19 heavy (non-hydrogen) atoms. The average Bonchev–Trinajstić information content (AvgIpc) is 2.32. The summed E-state index contributed by atoms with van der Waals surface area (Å²) in [5, 5.41) is 0. The zero-order valence-corrected chi connectivity index (χ0v) is 11.5. The highest BCUT2D eigenvalue weighted by atomic mass is 19.1. The standard InChI is InChI=1S/C8H8F2.C8H9F/c1-5-3-7(9)6(2)8(10)4-5;1-6-3-4-7(2)8(9)5-6/h3-4H,1-2H3;3-5H,1-2H3. The zero-order chi connectivity index (χ0) is 14.6. The summed E-state index contributed by atoms with van der Waals surface area (Å²) >= 11 is 0. The number of halogens is 3. The van der Waals surface area contributed by atoms with Gasteiger partial charge < -0.3 is 0 Å². The first kappa shape index (κ1) is 15.3. The summed E-state index contributed by atoms with van der Waals surface area (Å²) in [5.41, 5.74) is 2.38. The quantitative estimate of drug-likeness (QED) is 0.627. The van der Waals surface area contributed by atoms with E-state index >= 15 is 0 Å². The van der Waals surface area contributed by atoms with Gasteiger partial charge in [0.05, 0.1) is 0 Å². The minimum atomic E-state index is -0.475. The van der Waals surface area contributed by atoms with Gasteiger partial charge in [0.1, 0.15) is 17.5 Å². The smallest absolute Gasteiger partial charge is 0.129 e. The van der Waals surface area contributed by atoms with Crippen molar-refractivity contribution in [1.82, 2.24) is 0 Å². The molecule has 0 atom stereocenters. The van der Waals surface area contributed by atoms with E-state index in [4.69, 9.17) is 0 Å². The predicted octanol–water partition coefficient (Wildman–Crippen LogP) is 5.02. The molecule has 0 heterocycles. The summed E-state index contributed by atoms with van der Waals surface area (Å²) in [6.45, 7) is 6.72. The van der Waals surface area contributed by atoms with Crippen LogP contribution in [-0.2, 0) is 0 Å². The van der Waals surface area contributed by atoms with Crippen molar-refractivity contribution in [1.29, 1.82) is 0 Å². The van der Waals surface area contributed by atoms with Crippen molar-refractivity contribution in [2.24, 2.45) is 0 Å². The Bertz CT molecular complexity index is 551. The third-order valence-electron chi connectivity index (χ3n) is 2.75. The van der Waals surface area contributed by atoms with Gasteiger partial charge in [-0.25, -0.2) is 13.2 Å². The van der Waals surface area contributed by atoms with Gasteiger partial charge in [0.2, 0.25) is 0 Å². The first-order chi connectivity index (χ1) is 8.81. The van der Waals surface area contributed by atoms with Gasteiger partial charge in [-0.2, -0.15) is 0 Å². The molecule has 0 aliphatic rings. The molecule has 0 aliphatic carbocycles. The first-order valence-electron chi connectivity index (χ1n) is 5.96. The highest BCUT2D eigenvalue weighted by Gasteiger charge is 2.02. The van der Waals surface area contributed by atoms with Gasteiger partial charge in [-0.05, 0) is 62.6 Å². The van der Waals surface area contributed by atoms with E-state index in [1.165, 1.54) is 25.1 Å². The molecule has 0 aliphatic heterocycles. The molecule has 0 radical (unpaired) electrons. The van der Waals surface area contributed by atoms with Crippen LogP contribution >= 0.6 is 0 Å². The third kappa shape index (κ3) is 4.43. The molecule has 0 fully saturated rings. The number of hydrogen-bond acceptors (Lipinski definition) is 0. The lowest BCUT2D eigenvalue weighted by Gasteiger charge is -1.98. The van der Waals surface area contributed by atoms with E-state index < -0.39 is 11.6 Å². The first-order valence-corrected chi connectivity index (χ1v) is 5.96. The van der Waals surface area contributed by atoms with Gasteiger partial charge in [0.15, 0.2) is 0 Å². The van der Waals surface area contributed by atoms with E-state index in [0.29, 0.717) is 11.1 Å². The lowest BCUT2D eigenvalue weighted by molar-refractivity contribution is 0.566. The Morgan fingerprint density at radius 3 is 1.53 bits per heavy atom. The van der Waals surface area contributed by atoms with Crippen LogP contribution in [0.2, 0.25) is 0 Å². The second kappa shape index (κ2) is 6.41. The minimum absolute atomic E-state index is 0.0885. The van der Waals surface area contributed by atoms with Gasteiger partial charge in [0, 0.05) is 5.56 Å².